The second-order valence-electron chi connectivity index (χ2n) is 6.73. The monoisotopic (exact) mass is 458 g/mol. The summed E-state index contributed by atoms with van der Waals surface area (Å²) in [5.74, 6) is -3.98. The second-order valence-corrected chi connectivity index (χ2v) is 9.77. The normalized spacial score (nSPS) is 11.7. The van der Waals surface area contributed by atoms with Crippen LogP contribution >= 0.6 is 11.3 Å². The number of fused-ring (bicyclic) bond motifs is 1. The van der Waals surface area contributed by atoms with Gasteiger partial charge in [0.05, 0.1) is 20.1 Å². The summed E-state index contributed by atoms with van der Waals surface area (Å²) in [6.45, 7) is 0. The third-order valence-electron chi connectivity index (χ3n) is 4.58. The lowest BCUT2D eigenvalue weighted by atomic mass is 10.1. The summed E-state index contributed by atoms with van der Waals surface area (Å²) in [6.07, 6.45) is 0.674. The number of rotatable bonds is 6. The Morgan fingerprint density at radius 2 is 1.65 bits per heavy atom. The van der Waals surface area contributed by atoms with E-state index in [-0.39, 0.29) is 5.56 Å². The van der Waals surface area contributed by atoms with Gasteiger partial charge in [-0.25, -0.2) is 13.4 Å². The van der Waals surface area contributed by atoms with Crippen LogP contribution in [0, 0.1) is 0 Å². The van der Waals surface area contributed by atoms with Crippen LogP contribution in [0.3, 0.4) is 0 Å². The van der Waals surface area contributed by atoms with E-state index in [1.54, 1.807) is 23.5 Å². The van der Waals surface area contributed by atoms with Gasteiger partial charge >= 0.3 is 5.76 Å². The Labute approximate surface area is 181 Å². The minimum absolute atomic E-state index is 0.159. The first-order valence-electron chi connectivity index (χ1n) is 9.20. The largest absolute Gasteiger partial charge is 0.341 e. The average Bonchev–Trinajstić information content (AvgIpc) is 3.17. The molecular formula is C22H16F2N2O3S2. The third kappa shape index (κ3) is 4.62. The predicted molar refractivity (Wildman–Crippen MR) is 116 cm³/mol. The molecule has 1 aromatic heterocycles. The van der Waals surface area contributed by atoms with Gasteiger partial charge in [-0.1, -0.05) is 24.3 Å². The zero-order valence-corrected chi connectivity index (χ0v) is 17.6. The van der Waals surface area contributed by atoms with Gasteiger partial charge in [0.1, 0.15) is 0 Å². The molecule has 4 rings (SSSR count). The average molecular weight is 459 g/mol. The highest BCUT2D eigenvalue weighted by Crippen LogP contribution is 2.24. The molecule has 158 valence electrons. The lowest BCUT2D eigenvalue weighted by Gasteiger charge is -2.08. The lowest BCUT2D eigenvalue weighted by Crippen LogP contribution is -2.14. The summed E-state index contributed by atoms with van der Waals surface area (Å²) >= 11 is 1.64. The third-order valence-corrected chi connectivity index (χ3v) is 7.02. The van der Waals surface area contributed by atoms with Gasteiger partial charge in [0, 0.05) is 17.7 Å². The summed E-state index contributed by atoms with van der Waals surface area (Å²) in [4.78, 5) is 16.5. The van der Waals surface area contributed by atoms with E-state index < -0.39 is 26.4 Å². The molecule has 0 atom stereocenters. The fourth-order valence-electron chi connectivity index (χ4n) is 2.98. The number of halogens is 2. The molecule has 9 heteroatoms. The Balaban J connectivity index is 1.42. The number of anilines is 1. The Hall–Kier alpha value is -3.17. The predicted octanol–water partition coefficient (Wildman–Crippen LogP) is 5.14. The van der Waals surface area contributed by atoms with Crippen molar-refractivity contribution in [2.75, 3.05) is 5.32 Å². The molecule has 0 aliphatic carbocycles. The van der Waals surface area contributed by atoms with E-state index in [9.17, 15) is 22.0 Å². The smallest absolute Gasteiger partial charge is 0.322 e. The van der Waals surface area contributed by atoms with Gasteiger partial charge in [0.15, 0.2) is 0 Å². The molecule has 0 aliphatic rings. The number of nitrogens with zero attached hydrogens (tertiary/aromatic N) is 1. The van der Waals surface area contributed by atoms with E-state index in [4.69, 9.17) is 0 Å². The van der Waals surface area contributed by atoms with Crippen molar-refractivity contribution in [3.8, 4) is 0 Å². The summed E-state index contributed by atoms with van der Waals surface area (Å²) < 4.78 is 49.3. The van der Waals surface area contributed by atoms with E-state index in [1.165, 1.54) is 12.1 Å². The first-order valence-corrected chi connectivity index (χ1v) is 11.6. The molecule has 0 unspecified atom stereocenters. The van der Waals surface area contributed by atoms with Gasteiger partial charge < -0.3 is 5.32 Å². The lowest BCUT2D eigenvalue weighted by molar-refractivity contribution is 0.102. The van der Waals surface area contributed by atoms with Crippen molar-refractivity contribution in [1.82, 2.24) is 4.98 Å². The Morgan fingerprint density at radius 1 is 0.968 bits per heavy atom. The minimum atomic E-state index is -4.69. The van der Waals surface area contributed by atoms with Gasteiger partial charge in [-0.2, -0.15) is 8.78 Å². The summed E-state index contributed by atoms with van der Waals surface area (Å²) in [5.41, 5.74) is 2.73. The van der Waals surface area contributed by atoms with Crippen LogP contribution in [0.1, 0.15) is 20.9 Å². The topological polar surface area (TPSA) is 76.1 Å². The number of carbonyl (C=O) groups is 1. The quantitative estimate of drug-likeness (QED) is 0.434. The molecule has 0 spiro atoms. The molecule has 0 bridgehead atoms. The molecule has 0 aliphatic heterocycles. The van der Waals surface area contributed by atoms with Gasteiger partial charge in [0.2, 0.25) is 9.84 Å². The fraction of sp³-hybridized carbons (Fsp3) is 0.0909. The van der Waals surface area contributed by atoms with Gasteiger partial charge in [-0.05, 0) is 54.1 Å². The molecule has 1 heterocycles. The number of amides is 1. The van der Waals surface area contributed by atoms with Gasteiger partial charge in [0.25, 0.3) is 5.91 Å². The molecule has 1 amide bonds. The highest BCUT2D eigenvalue weighted by atomic mass is 32.2. The highest BCUT2D eigenvalue weighted by Gasteiger charge is 2.26. The van der Waals surface area contributed by atoms with Crippen molar-refractivity contribution in [3.63, 3.8) is 0 Å². The van der Waals surface area contributed by atoms with Crippen LogP contribution < -0.4 is 5.32 Å². The maximum atomic E-state index is 12.6. The fourth-order valence-corrected chi connectivity index (χ4v) is 4.70. The van der Waals surface area contributed by atoms with E-state index >= 15 is 0 Å². The summed E-state index contributed by atoms with van der Waals surface area (Å²) in [6, 6.07) is 19.6. The molecule has 3 aromatic carbocycles. The molecular weight excluding hydrogens is 442 g/mol. The van der Waals surface area contributed by atoms with Crippen molar-refractivity contribution < 1.29 is 22.0 Å². The van der Waals surface area contributed by atoms with Gasteiger partial charge in [-0.3, -0.25) is 4.79 Å². The number of carbonyl (C=O) groups excluding carboxylic acids is 1. The second kappa shape index (κ2) is 8.52. The van der Waals surface area contributed by atoms with Crippen LogP contribution in [0.25, 0.3) is 10.2 Å². The van der Waals surface area contributed by atoms with Crippen LogP contribution in [-0.4, -0.2) is 25.1 Å². The Bertz CT molecular complexity index is 1300. The maximum absolute atomic E-state index is 12.6. The number of sulfone groups is 1. The molecule has 5 nitrogen and oxygen atoms in total. The molecule has 0 saturated heterocycles. The number of aromatic nitrogens is 1. The number of hydrogen-bond acceptors (Lipinski definition) is 5. The van der Waals surface area contributed by atoms with E-state index in [1.807, 2.05) is 36.4 Å². The van der Waals surface area contributed by atoms with Crippen LogP contribution in [0.2, 0.25) is 0 Å². The van der Waals surface area contributed by atoms with E-state index in [2.05, 4.69) is 10.3 Å². The first-order chi connectivity index (χ1) is 14.8. The standard InChI is InChI=1S/C22H16F2N2O3S2/c23-22(24)31(28,29)17-11-7-15(8-12-17)21(27)25-16-9-5-14(6-10-16)13-20-26-18-3-1-2-4-19(18)30-20/h1-12,22H,13H2,(H,25,27). The molecule has 0 fully saturated rings. The van der Waals surface area contributed by atoms with E-state index in [0.29, 0.717) is 12.1 Å². The van der Waals surface area contributed by atoms with Crippen molar-refractivity contribution in [1.29, 1.82) is 0 Å². The molecule has 0 saturated carbocycles. The Kier molecular flexibility index (Phi) is 5.79. The van der Waals surface area contributed by atoms with Gasteiger partial charge in [-0.15, -0.1) is 11.3 Å². The van der Waals surface area contributed by atoms with E-state index in [0.717, 1.165) is 32.9 Å². The highest BCUT2D eigenvalue weighted by molar-refractivity contribution is 7.91. The summed E-state index contributed by atoms with van der Waals surface area (Å²) in [7, 11) is -4.69. The molecule has 4 aromatic rings. The number of nitrogens with one attached hydrogen (secondary N) is 1. The van der Waals surface area contributed by atoms with Crippen molar-refractivity contribution in [2.24, 2.45) is 0 Å². The number of para-hydroxylation sites is 1. The maximum Gasteiger partial charge on any atom is 0.341 e. The summed E-state index contributed by atoms with van der Waals surface area (Å²) in [5, 5.41) is 3.70. The van der Waals surface area contributed by atoms with Crippen LogP contribution in [0.4, 0.5) is 14.5 Å². The van der Waals surface area contributed by atoms with Crippen LogP contribution in [-0.2, 0) is 16.3 Å². The van der Waals surface area contributed by atoms with Crippen molar-refractivity contribution in [2.45, 2.75) is 17.1 Å². The number of benzene rings is 3. The van der Waals surface area contributed by atoms with Crippen LogP contribution in [0.15, 0.2) is 77.7 Å². The number of alkyl halides is 2. The molecule has 0 radical (unpaired) electrons. The Morgan fingerprint density at radius 3 is 2.29 bits per heavy atom. The first kappa shape index (κ1) is 21.1. The zero-order chi connectivity index (χ0) is 22.0. The molecule has 1 N–H and O–H groups in total. The number of hydrogen-bond donors (Lipinski definition) is 1. The SMILES string of the molecule is O=C(Nc1ccc(Cc2nc3ccccc3s2)cc1)c1ccc(S(=O)(=O)C(F)F)cc1. The zero-order valence-electron chi connectivity index (χ0n) is 16.0. The van der Waals surface area contributed by atoms with Crippen LogP contribution in [0.5, 0.6) is 0 Å². The number of thiazole rings is 1. The molecule has 31 heavy (non-hydrogen) atoms. The van der Waals surface area contributed by atoms with Crippen molar-refractivity contribution in [3.05, 3.63) is 88.9 Å². The van der Waals surface area contributed by atoms with Crippen molar-refractivity contribution >= 4 is 43.0 Å². The minimum Gasteiger partial charge on any atom is -0.322 e.